The number of ether oxygens (including phenoxy) is 1. The van der Waals surface area contributed by atoms with Gasteiger partial charge in [0.05, 0.1) is 6.10 Å². The summed E-state index contributed by atoms with van der Waals surface area (Å²) in [6.07, 6.45) is 5.39. The van der Waals surface area contributed by atoms with Crippen LogP contribution < -0.4 is 16.0 Å². The predicted octanol–water partition coefficient (Wildman–Crippen LogP) is 5.11. The molecule has 164 valence electrons. The van der Waals surface area contributed by atoms with Gasteiger partial charge in [-0.3, -0.25) is 4.79 Å². The van der Waals surface area contributed by atoms with E-state index < -0.39 is 17.0 Å². The van der Waals surface area contributed by atoms with E-state index in [1.165, 1.54) is 12.1 Å². The molecule has 0 radical (unpaired) electrons. The zero-order chi connectivity index (χ0) is 22.2. The molecular formula is C25H28F2N2O2. The highest BCUT2D eigenvalue weighted by atomic mass is 19.2. The van der Waals surface area contributed by atoms with Gasteiger partial charge in [0.15, 0.2) is 11.6 Å². The molecule has 0 aliphatic heterocycles. The highest BCUT2D eigenvalue weighted by Crippen LogP contribution is 2.44. The van der Waals surface area contributed by atoms with E-state index in [4.69, 9.17) is 10.5 Å². The number of aromatic amines is 1. The summed E-state index contributed by atoms with van der Waals surface area (Å²) >= 11 is 0. The Bertz CT molecular complexity index is 1150. The first-order chi connectivity index (χ1) is 14.8. The number of nitrogens with one attached hydrogen (secondary N) is 1. The average molecular weight is 427 g/mol. The minimum atomic E-state index is -0.841. The first kappa shape index (κ1) is 21.5. The van der Waals surface area contributed by atoms with Gasteiger partial charge in [0.2, 0.25) is 0 Å². The van der Waals surface area contributed by atoms with Crippen LogP contribution in [0.4, 0.5) is 8.78 Å². The number of fused-ring (bicyclic) bond motifs is 1. The molecule has 1 fully saturated rings. The monoisotopic (exact) mass is 426 g/mol. The molecule has 1 aliphatic rings. The van der Waals surface area contributed by atoms with Gasteiger partial charge in [-0.1, -0.05) is 13.0 Å². The first-order valence-corrected chi connectivity index (χ1v) is 10.8. The molecule has 3 aromatic rings. The Balaban J connectivity index is 1.56. The van der Waals surface area contributed by atoms with Crippen LogP contribution in [0.2, 0.25) is 0 Å². The molecule has 1 heterocycles. The lowest BCUT2D eigenvalue weighted by Gasteiger charge is -2.44. The highest BCUT2D eigenvalue weighted by Gasteiger charge is 2.42. The maximum Gasteiger partial charge on any atom is 0.255 e. The topological polar surface area (TPSA) is 68.1 Å². The fourth-order valence-electron chi connectivity index (χ4n) is 4.92. The molecule has 1 unspecified atom stereocenters. The first-order valence-electron chi connectivity index (χ1n) is 10.8. The van der Waals surface area contributed by atoms with Crippen molar-refractivity contribution >= 4 is 10.8 Å². The summed E-state index contributed by atoms with van der Waals surface area (Å²) in [5.41, 5.74) is 7.68. The molecule has 0 spiro atoms. The number of H-pyrrole nitrogens is 1. The summed E-state index contributed by atoms with van der Waals surface area (Å²) < 4.78 is 33.8. The Labute approximate surface area is 180 Å². The number of hydrogen-bond donors (Lipinski definition) is 2. The smallest absolute Gasteiger partial charge is 0.255 e. The number of pyridine rings is 1. The molecule has 1 atom stereocenters. The van der Waals surface area contributed by atoms with Crippen LogP contribution in [0.15, 0.2) is 47.4 Å². The van der Waals surface area contributed by atoms with E-state index in [0.29, 0.717) is 5.39 Å². The minimum absolute atomic E-state index is 0.000577. The van der Waals surface area contributed by atoms with Gasteiger partial charge in [0.1, 0.15) is 5.75 Å². The van der Waals surface area contributed by atoms with E-state index in [1.807, 2.05) is 32.0 Å². The normalized spacial score (nSPS) is 22.4. The lowest BCUT2D eigenvalue weighted by atomic mass is 9.64. The van der Waals surface area contributed by atoms with Crippen molar-refractivity contribution in [2.45, 2.75) is 63.5 Å². The van der Waals surface area contributed by atoms with Crippen molar-refractivity contribution in [1.82, 2.24) is 4.98 Å². The molecule has 31 heavy (non-hydrogen) atoms. The lowest BCUT2D eigenvalue weighted by Crippen LogP contribution is -2.49. The van der Waals surface area contributed by atoms with Gasteiger partial charge >= 0.3 is 0 Å². The summed E-state index contributed by atoms with van der Waals surface area (Å²) in [5.74, 6) is -0.907. The number of nitrogens with two attached hydrogens (primary N) is 1. The van der Waals surface area contributed by atoms with Gasteiger partial charge in [0, 0.05) is 23.0 Å². The highest BCUT2D eigenvalue weighted by molar-refractivity contribution is 5.83. The van der Waals surface area contributed by atoms with Crippen LogP contribution in [-0.4, -0.2) is 17.1 Å². The summed E-state index contributed by atoms with van der Waals surface area (Å²) in [6.45, 7) is 3.96. The van der Waals surface area contributed by atoms with E-state index in [0.717, 1.165) is 54.4 Å². The van der Waals surface area contributed by atoms with E-state index in [-0.39, 0.29) is 17.7 Å². The van der Waals surface area contributed by atoms with Gasteiger partial charge < -0.3 is 15.5 Å². The Hall–Kier alpha value is -2.73. The zero-order valence-corrected chi connectivity index (χ0v) is 17.9. The van der Waals surface area contributed by atoms with Crippen molar-refractivity contribution in [3.05, 3.63) is 75.7 Å². The van der Waals surface area contributed by atoms with Crippen LogP contribution in [0.3, 0.4) is 0 Å². The average Bonchev–Trinajstić information content (AvgIpc) is 2.77. The quantitative estimate of drug-likeness (QED) is 0.596. The molecule has 4 nitrogen and oxygen atoms in total. The SMILES string of the molecule is CCC(N)C1(c2ccc(F)c(F)c2)CCC(Oc2cc3cc[nH]c(=O)c3cc2C)CC1. The Kier molecular flexibility index (Phi) is 5.84. The van der Waals surface area contributed by atoms with E-state index in [1.54, 1.807) is 12.3 Å². The van der Waals surface area contributed by atoms with Gasteiger partial charge in [0.25, 0.3) is 5.56 Å². The van der Waals surface area contributed by atoms with E-state index >= 15 is 0 Å². The number of rotatable bonds is 5. The van der Waals surface area contributed by atoms with Crippen molar-refractivity contribution in [3.8, 4) is 5.75 Å². The fraction of sp³-hybridized carbons (Fsp3) is 0.400. The molecule has 2 aromatic carbocycles. The summed E-state index contributed by atoms with van der Waals surface area (Å²) in [4.78, 5) is 14.7. The second-order valence-electron chi connectivity index (χ2n) is 8.63. The molecule has 1 aromatic heterocycles. The number of benzene rings is 2. The second kappa shape index (κ2) is 8.42. The predicted molar refractivity (Wildman–Crippen MR) is 118 cm³/mol. The molecule has 0 amide bonds. The van der Waals surface area contributed by atoms with Gasteiger partial charge in [-0.25, -0.2) is 8.78 Å². The van der Waals surface area contributed by atoms with Crippen LogP contribution in [0.5, 0.6) is 5.75 Å². The van der Waals surface area contributed by atoms with Crippen molar-refractivity contribution in [3.63, 3.8) is 0 Å². The maximum absolute atomic E-state index is 14.0. The van der Waals surface area contributed by atoms with E-state index in [9.17, 15) is 13.6 Å². The summed E-state index contributed by atoms with van der Waals surface area (Å²) in [6, 6.07) is 9.64. The van der Waals surface area contributed by atoms with Gasteiger partial charge in [-0.2, -0.15) is 0 Å². The van der Waals surface area contributed by atoms with Crippen LogP contribution in [0.1, 0.15) is 50.2 Å². The minimum Gasteiger partial charge on any atom is -0.490 e. The van der Waals surface area contributed by atoms with Crippen molar-refractivity contribution in [2.75, 3.05) is 0 Å². The number of hydrogen-bond acceptors (Lipinski definition) is 3. The maximum atomic E-state index is 14.0. The summed E-state index contributed by atoms with van der Waals surface area (Å²) in [5, 5.41) is 1.48. The van der Waals surface area contributed by atoms with Crippen LogP contribution in [0, 0.1) is 18.6 Å². The van der Waals surface area contributed by atoms with Crippen molar-refractivity contribution in [2.24, 2.45) is 5.73 Å². The third-order valence-corrected chi connectivity index (χ3v) is 6.83. The fourth-order valence-corrected chi connectivity index (χ4v) is 4.92. The Morgan fingerprint density at radius 1 is 1.16 bits per heavy atom. The molecular weight excluding hydrogens is 398 g/mol. The number of aryl methyl sites for hydroxylation is 1. The number of aromatic nitrogens is 1. The molecule has 6 heteroatoms. The van der Waals surface area contributed by atoms with Crippen molar-refractivity contribution in [1.29, 1.82) is 0 Å². The van der Waals surface area contributed by atoms with Crippen LogP contribution >= 0.6 is 0 Å². The largest absolute Gasteiger partial charge is 0.490 e. The number of halogens is 2. The second-order valence-corrected chi connectivity index (χ2v) is 8.63. The van der Waals surface area contributed by atoms with E-state index in [2.05, 4.69) is 4.98 Å². The van der Waals surface area contributed by atoms with Gasteiger partial charge in [-0.15, -0.1) is 0 Å². The Morgan fingerprint density at radius 2 is 1.90 bits per heavy atom. The van der Waals surface area contributed by atoms with Crippen LogP contribution in [0.25, 0.3) is 10.8 Å². The molecule has 4 rings (SSSR count). The van der Waals surface area contributed by atoms with Crippen LogP contribution in [-0.2, 0) is 5.41 Å². The molecule has 0 bridgehead atoms. The molecule has 0 saturated heterocycles. The lowest BCUT2D eigenvalue weighted by molar-refractivity contribution is 0.103. The third-order valence-electron chi connectivity index (χ3n) is 6.83. The zero-order valence-electron chi connectivity index (χ0n) is 17.9. The van der Waals surface area contributed by atoms with Crippen molar-refractivity contribution < 1.29 is 13.5 Å². The molecule has 3 N–H and O–H groups in total. The Morgan fingerprint density at radius 3 is 2.58 bits per heavy atom. The standard InChI is InChI=1S/C25H28F2N2O2/c1-3-23(28)25(17-4-5-20(26)21(27)14-17)9-6-18(7-10-25)31-22-13-16-8-11-29-24(30)19(16)12-15(22)2/h4-5,8,11-14,18,23H,3,6-7,9-10,28H2,1-2H3,(H,29,30). The molecule has 1 aliphatic carbocycles. The summed E-state index contributed by atoms with van der Waals surface area (Å²) in [7, 11) is 0. The third kappa shape index (κ3) is 3.97. The molecule has 1 saturated carbocycles. The van der Waals surface area contributed by atoms with Gasteiger partial charge in [-0.05, 0) is 85.9 Å².